The number of aryl methyl sites for hydroxylation is 1. The highest BCUT2D eigenvalue weighted by molar-refractivity contribution is 7.18. The van der Waals surface area contributed by atoms with E-state index in [-0.39, 0.29) is 16.1 Å². The molecule has 0 aliphatic carbocycles. The van der Waals surface area contributed by atoms with E-state index in [2.05, 4.69) is 5.32 Å². The van der Waals surface area contributed by atoms with Gasteiger partial charge in [0.15, 0.2) is 0 Å². The minimum absolute atomic E-state index is 0.0974. The van der Waals surface area contributed by atoms with Gasteiger partial charge in [0.2, 0.25) is 0 Å². The number of aromatic carboxylic acids is 1. The van der Waals surface area contributed by atoms with E-state index in [1.165, 1.54) is 30.3 Å². The Labute approximate surface area is 123 Å². The second-order valence-corrected chi connectivity index (χ2v) is 5.27. The Morgan fingerprint density at radius 2 is 2.00 bits per heavy atom. The maximum Gasteiger partial charge on any atom is 0.345 e. The van der Waals surface area contributed by atoms with Crippen LogP contribution in [-0.4, -0.2) is 21.9 Å². The molecule has 2 aromatic rings. The van der Waals surface area contributed by atoms with Crippen LogP contribution in [0, 0.1) is 17.0 Å². The maximum atomic E-state index is 12.0. The van der Waals surface area contributed by atoms with E-state index in [0.717, 1.165) is 11.3 Å². The number of benzene rings is 1. The lowest BCUT2D eigenvalue weighted by Gasteiger charge is -2.03. The van der Waals surface area contributed by atoms with Gasteiger partial charge < -0.3 is 10.4 Å². The van der Waals surface area contributed by atoms with E-state index in [0.29, 0.717) is 10.6 Å². The van der Waals surface area contributed by atoms with Crippen molar-refractivity contribution in [3.8, 4) is 0 Å². The molecule has 1 amide bonds. The van der Waals surface area contributed by atoms with Crippen LogP contribution in [0.2, 0.25) is 0 Å². The van der Waals surface area contributed by atoms with Gasteiger partial charge in [0, 0.05) is 17.2 Å². The molecule has 0 fully saturated rings. The maximum absolute atomic E-state index is 12.0. The molecule has 0 spiro atoms. The molecule has 2 N–H and O–H groups in total. The third-order valence-corrected chi connectivity index (χ3v) is 3.71. The van der Waals surface area contributed by atoms with Crippen LogP contribution in [0.3, 0.4) is 0 Å². The Morgan fingerprint density at radius 1 is 1.29 bits per heavy atom. The molecule has 0 saturated heterocycles. The van der Waals surface area contributed by atoms with E-state index in [1.807, 2.05) is 0 Å². The van der Waals surface area contributed by atoms with Crippen LogP contribution in [0.5, 0.6) is 0 Å². The molecule has 1 heterocycles. The lowest BCUT2D eigenvalue weighted by molar-refractivity contribution is -0.385. The number of anilines is 1. The van der Waals surface area contributed by atoms with Gasteiger partial charge in [0.25, 0.3) is 11.6 Å². The average Bonchev–Trinajstić information content (AvgIpc) is 2.87. The van der Waals surface area contributed by atoms with Crippen LogP contribution in [0.25, 0.3) is 0 Å². The largest absolute Gasteiger partial charge is 0.477 e. The first-order valence-electron chi connectivity index (χ1n) is 5.78. The van der Waals surface area contributed by atoms with Gasteiger partial charge >= 0.3 is 5.97 Å². The molecule has 8 heteroatoms. The molecular weight excluding hydrogens is 296 g/mol. The minimum Gasteiger partial charge on any atom is -0.477 e. The van der Waals surface area contributed by atoms with Crippen LogP contribution in [0.4, 0.5) is 10.7 Å². The Morgan fingerprint density at radius 3 is 2.57 bits per heavy atom. The molecule has 7 nitrogen and oxygen atoms in total. The van der Waals surface area contributed by atoms with Gasteiger partial charge in [-0.3, -0.25) is 14.9 Å². The quantitative estimate of drug-likeness (QED) is 0.666. The highest BCUT2D eigenvalue weighted by atomic mass is 32.1. The summed E-state index contributed by atoms with van der Waals surface area (Å²) in [5.41, 5.74) is 0.457. The predicted octanol–water partition coefficient (Wildman–Crippen LogP) is 2.92. The van der Waals surface area contributed by atoms with Gasteiger partial charge in [-0.1, -0.05) is 6.07 Å². The molecule has 0 radical (unpaired) electrons. The van der Waals surface area contributed by atoms with Crippen LogP contribution in [-0.2, 0) is 0 Å². The van der Waals surface area contributed by atoms with Crippen molar-refractivity contribution in [1.29, 1.82) is 0 Å². The first-order valence-corrected chi connectivity index (χ1v) is 6.59. The van der Waals surface area contributed by atoms with Gasteiger partial charge in [-0.25, -0.2) is 4.79 Å². The topological polar surface area (TPSA) is 110 Å². The van der Waals surface area contributed by atoms with Crippen molar-refractivity contribution < 1.29 is 19.6 Å². The third-order valence-electron chi connectivity index (χ3n) is 2.72. The summed E-state index contributed by atoms with van der Waals surface area (Å²) >= 11 is 0.912. The average molecular weight is 306 g/mol. The molecule has 0 bridgehead atoms. The number of nitro groups is 1. The zero-order chi connectivity index (χ0) is 15.6. The van der Waals surface area contributed by atoms with Crippen molar-refractivity contribution in [2.75, 3.05) is 5.32 Å². The van der Waals surface area contributed by atoms with Crippen molar-refractivity contribution in [2.24, 2.45) is 0 Å². The fourth-order valence-corrected chi connectivity index (χ4v) is 2.39. The van der Waals surface area contributed by atoms with E-state index < -0.39 is 16.8 Å². The lowest BCUT2D eigenvalue weighted by atomic mass is 10.1. The number of thiophene rings is 1. The molecule has 21 heavy (non-hydrogen) atoms. The number of carboxylic acids is 1. The first kappa shape index (κ1) is 14.7. The zero-order valence-electron chi connectivity index (χ0n) is 10.8. The molecule has 1 aromatic heterocycles. The van der Waals surface area contributed by atoms with E-state index >= 15 is 0 Å². The molecule has 2 rings (SSSR count). The van der Waals surface area contributed by atoms with Crippen LogP contribution >= 0.6 is 11.3 Å². The van der Waals surface area contributed by atoms with Crippen molar-refractivity contribution >= 4 is 33.9 Å². The number of amides is 1. The fourth-order valence-electron chi connectivity index (χ4n) is 1.65. The summed E-state index contributed by atoms with van der Waals surface area (Å²) in [6, 6.07) is 7.00. The number of hydrogen-bond donors (Lipinski definition) is 2. The monoisotopic (exact) mass is 306 g/mol. The first-order chi connectivity index (χ1) is 9.88. The Kier molecular flexibility index (Phi) is 3.99. The third kappa shape index (κ3) is 3.23. The number of nitro benzene ring substituents is 1. The predicted molar refractivity (Wildman–Crippen MR) is 77.1 cm³/mol. The Balaban J connectivity index is 2.22. The molecule has 0 aliphatic rings. The summed E-state index contributed by atoms with van der Waals surface area (Å²) in [5.74, 6) is -1.61. The second kappa shape index (κ2) is 5.71. The summed E-state index contributed by atoms with van der Waals surface area (Å²) in [7, 11) is 0. The molecule has 0 aliphatic heterocycles. The van der Waals surface area contributed by atoms with Crippen molar-refractivity contribution in [3.63, 3.8) is 0 Å². The molecule has 0 atom stereocenters. The van der Waals surface area contributed by atoms with E-state index in [9.17, 15) is 19.7 Å². The van der Waals surface area contributed by atoms with Gasteiger partial charge in [0.1, 0.15) is 4.88 Å². The number of rotatable bonds is 4. The molecule has 108 valence electrons. The summed E-state index contributed by atoms with van der Waals surface area (Å²) in [5, 5.41) is 22.5. The highest BCUT2D eigenvalue weighted by Crippen LogP contribution is 2.24. The van der Waals surface area contributed by atoms with Crippen molar-refractivity contribution in [1.82, 2.24) is 0 Å². The molecule has 1 aromatic carbocycles. The van der Waals surface area contributed by atoms with Crippen LogP contribution < -0.4 is 5.32 Å². The van der Waals surface area contributed by atoms with Crippen molar-refractivity contribution in [2.45, 2.75) is 6.92 Å². The fraction of sp³-hybridized carbons (Fsp3) is 0.0769. The second-order valence-electron chi connectivity index (χ2n) is 4.18. The summed E-state index contributed by atoms with van der Waals surface area (Å²) in [4.78, 5) is 33.1. The number of carbonyl (C=O) groups excluding carboxylic acids is 1. The molecule has 0 saturated carbocycles. The van der Waals surface area contributed by atoms with Crippen LogP contribution in [0.15, 0.2) is 30.3 Å². The van der Waals surface area contributed by atoms with Gasteiger partial charge in [-0.05, 0) is 25.1 Å². The number of nitrogens with one attached hydrogen (secondary N) is 1. The normalized spacial score (nSPS) is 10.1. The van der Waals surface area contributed by atoms with Crippen LogP contribution in [0.1, 0.15) is 25.6 Å². The summed E-state index contributed by atoms with van der Waals surface area (Å²) < 4.78 is 0. The number of hydrogen-bond acceptors (Lipinski definition) is 5. The van der Waals surface area contributed by atoms with Gasteiger partial charge in [-0.2, -0.15) is 0 Å². The van der Waals surface area contributed by atoms with Gasteiger partial charge in [0.05, 0.1) is 9.92 Å². The number of carbonyl (C=O) groups is 2. The highest BCUT2D eigenvalue weighted by Gasteiger charge is 2.16. The standard InChI is InChI=1S/C13H10N2O5S/c1-7-2-3-8(6-9(7)15(19)20)12(16)14-11-5-4-10(21-11)13(17)18/h2-6H,1H3,(H,14,16)(H,17,18). The summed E-state index contributed by atoms with van der Waals surface area (Å²) in [6.45, 7) is 1.58. The minimum atomic E-state index is -1.08. The number of carboxylic acid groups (broad SMARTS) is 1. The lowest BCUT2D eigenvalue weighted by Crippen LogP contribution is -2.11. The molecular formula is C13H10N2O5S. The smallest absolute Gasteiger partial charge is 0.345 e. The Hall–Kier alpha value is -2.74. The van der Waals surface area contributed by atoms with E-state index in [1.54, 1.807) is 6.92 Å². The zero-order valence-corrected chi connectivity index (χ0v) is 11.6. The SMILES string of the molecule is Cc1ccc(C(=O)Nc2ccc(C(=O)O)s2)cc1[N+](=O)[O-]. The number of nitrogens with zero attached hydrogens (tertiary/aromatic N) is 1. The Bertz CT molecular complexity index is 738. The van der Waals surface area contributed by atoms with Crippen molar-refractivity contribution in [3.05, 3.63) is 56.5 Å². The summed E-state index contributed by atoms with van der Waals surface area (Å²) in [6.07, 6.45) is 0. The van der Waals surface area contributed by atoms with Gasteiger partial charge in [-0.15, -0.1) is 11.3 Å². The molecule has 0 unspecified atom stereocenters. The van der Waals surface area contributed by atoms with E-state index in [4.69, 9.17) is 5.11 Å².